The zero-order valence-corrected chi connectivity index (χ0v) is 9.85. The minimum absolute atomic E-state index is 0.199. The molecule has 18 heavy (non-hydrogen) atoms. The number of nitro groups is 1. The molecule has 0 saturated heterocycles. The van der Waals surface area contributed by atoms with E-state index in [9.17, 15) is 14.5 Å². The van der Waals surface area contributed by atoms with Crippen LogP contribution in [0.25, 0.3) is 11.3 Å². The van der Waals surface area contributed by atoms with Crippen molar-refractivity contribution in [3.63, 3.8) is 0 Å². The fraction of sp³-hybridized carbons (Fsp3) is 0.182. The second-order valence-electron chi connectivity index (χ2n) is 3.90. The predicted molar refractivity (Wildman–Crippen MR) is 64.4 cm³/mol. The number of nitro benzene ring substituents is 1. The smallest absolute Gasteiger partial charge is 0.272 e. The number of nitrogens with two attached hydrogens (primary N) is 1. The van der Waals surface area contributed by atoms with Crippen LogP contribution in [0.3, 0.4) is 0 Å². The van der Waals surface area contributed by atoms with Gasteiger partial charge in [-0.3, -0.25) is 14.8 Å². The zero-order valence-electron chi connectivity index (χ0n) is 9.85. The molecule has 0 aliphatic carbocycles. The topological polar surface area (TPSA) is 87.0 Å². The summed E-state index contributed by atoms with van der Waals surface area (Å²) in [5.41, 5.74) is 6.68. The molecular formula is C11H11FN4O2. The van der Waals surface area contributed by atoms with Gasteiger partial charge in [-0.25, -0.2) is 4.39 Å². The summed E-state index contributed by atoms with van der Waals surface area (Å²) in [6.07, 6.45) is 0. The van der Waals surface area contributed by atoms with Crippen molar-refractivity contribution in [3.05, 3.63) is 39.7 Å². The van der Waals surface area contributed by atoms with Crippen LogP contribution in [0.1, 0.15) is 5.56 Å². The SMILES string of the molecule is Cc1c(-c2ccc([N+](=O)[O-])cc2F)nn(C)c1N. The average molecular weight is 250 g/mol. The van der Waals surface area contributed by atoms with E-state index in [1.54, 1.807) is 14.0 Å². The molecule has 2 rings (SSSR count). The number of rotatable bonds is 2. The predicted octanol–water partition coefficient (Wildman–Crippen LogP) is 2.03. The number of aromatic nitrogens is 2. The summed E-state index contributed by atoms with van der Waals surface area (Å²) in [4.78, 5) is 9.88. The zero-order chi connectivity index (χ0) is 13.4. The lowest BCUT2D eigenvalue weighted by Crippen LogP contribution is -1.97. The molecule has 0 unspecified atom stereocenters. The Morgan fingerprint density at radius 2 is 2.17 bits per heavy atom. The molecule has 7 heteroatoms. The number of nitrogens with zero attached hydrogens (tertiary/aromatic N) is 3. The van der Waals surface area contributed by atoms with E-state index in [2.05, 4.69) is 5.10 Å². The molecule has 0 saturated carbocycles. The van der Waals surface area contributed by atoms with Gasteiger partial charge in [-0.2, -0.15) is 5.10 Å². The molecule has 0 bridgehead atoms. The first-order chi connectivity index (χ1) is 8.41. The van der Waals surface area contributed by atoms with Crippen molar-refractivity contribution >= 4 is 11.5 Å². The van der Waals surface area contributed by atoms with Crippen LogP contribution in [0.5, 0.6) is 0 Å². The van der Waals surface area contributed by atoms with Crippen LogP contribution in [0.4, 0.5) is 15.9 Å². The molecule has 0 amide bonds. The Kier molecular flexibility index (Phi) is 2.74. The average Bonchev–Trinajstić information content (AvgIpc) is 2.57. The second-order valence-corrected chi connectivity index (χ2v) is 3.90. The highest BCUT2D eigenvalue weighted by Gasteiger charge is 2.17. The number of anilines is 1. The molecule has 0 atom stereocenters. The molecule has 6 nitrogen and oxygen atoms in total. The molecule has 94 valence electrons. The van der Waals surface area contributed by atoms with Crippen molar-refractivity contribution in [1.82, 2.24) is 9.78 Å². The maximum atomic E-state index is 13.8. The molecule has 1 aromatic carbocycles. The Balaban J connectivity index is 2.58. The lowest BCUT2D eigenvalue weighted by molar-refractivity contribution is -0.385. The Hall–Kier alpha value is -2.44. The van der Waals surface area contributed by atoms with E-state index in [-0.39, 0.29) is 11.3 Å². The Morgan fingerprint density at radius 3 is 2.61 bits per heavy atom. The van der Waals surface area contributed by atoms with Gasteiger partial charge in [0, 0.05) is 24.2 Å². The quantitative estimate of drug-likeness (QED) is 0.652. The molecule has 2 N–H and O–H groups in total. The Morgan fingerprint density at radius 1 is 1.50 bits per heavy atom. The van der Waals surface area contributed by atoms with Gasteiger partial charge in [-0.15, -0.1) is 0 Å². The third-order valence-corrected chi connectivity index (χ3v) is 2.76. The van der Waals surface area contributed by atoms with Gasteiger partial charge in [0.2, 0.25) is 0 Å². The molecule has 1 aromatic heterocycles. The third kappa shape index (κ3) is 1.79. The minimum atomic E-state index is -0.689. The number of aryl methyl sites for hydroxylation is 1. The number of nitrogen functional groups attached to an aromatic ring is 1. The van der Waals surface area contributed by atoms with Crippen LogP contribution >= 0.6 is 0 Å². The number of halogens is 1. The lowest BCUT2D eigenvalue weighted by atomic mass is 10.1. The summed E-state index contributed by atoms with van der Waals surface area (Å²) in [5.74, 6) is -0.256. The summed E-state index contributed by atoms with van der Waals surface area (Å²) in [5, 5.41) is 14.6. The molecule has 0 radical (unpaired) electrons. The highest BCUT2D eigenvalue weighted by atomic mass is 19.1. The van der Waals surface area contributed by atoms with Gasteiger partial charge >= 0.3 is 0 Å². The first-order valence-corrected chi connectivity index (χ1v) is 5.15. The van der Waals surface area contributed by atoms with Crippen LogP contribution in [0.15, 0.2) is 18.2 Å². The normalized spacial score (nSPS) is 10.6. The lowest BCUT2D eigenvalue weighted by Gasteiger charge is -2.00. The van der Waals surface area contributed by atoms with Crippen LogP contribution in [0, 0.1) is 22.9 Å². The Bertz CT molecular complexity index is 636. The fourth-order valence-corrected chi connectivity index (χ4v) is 1.71. The third-order valence-electron chi connectivity index (χ3n) is 2.76. The minimum Gasteiger partial charge on any atom is -0.384 e. The second kappa shape index (κ2) is 4.10. The van der Waals surface area contributed by atoms with E-state index in [0.29, 0.717) is 17.1 Å². The van der Waals surface area contributed by atoms with Crippen molar-refractivity contribution < 1.29 is 9.31 Å². The van der Waals surface area contributed by atoms with E-state index in [1.165, 1.54) is 16.8 Å². The van der Waals surface area contributed by atoms with Crippen LogP contribution < -0.4 is 5.73 Å². The van der Waals surface area contributed by atoms with Gasteiger partial charge in [-0.1, -0.05) is 0 Å². The number of hydrogen-bond donors (Lipinski definition) is 1. The number of non-ortho nitro benzene ring substituents is 1. The number of benzene rings is 1. The van der Waals surface area contributed by atoms with Gasteiger partial charge in [0.05, 0.1) is 11.0 Å². The maximum absolute atomic E-state index is 13.8. The van der Waals surface area contributed by atoms with E-state index >= 15 is 0 Å². The van der Waals surface area contributed by atoms with Crippen LogP contribution in [-0.4, -0.2) is 14.7 Å². The van der Waals surface area contributed by atoms with Gasteiger partial charge in [0.1, 0.15) is 17.3 Å². The van der Waals surface area contributed by atoms with Crippen LogP contribution in [-0.2, 0) is 7.05 Å². The van der Waals surface area contributed by atoms with E-state index in [4.69, 9.17) is 5.73 Å². The standard InChI is InChI=1S/C11H11FN4O2/c1-6-10(14-15(2)11(6)13)8-4-3-7(16(17)18)5-9(8)12/h3-5H,13H2,1-2H3. The fourth-order valence-electron chi connectivity index (χ4n) is 1.71. The summed E-state index contributed by atoms with van der Waals surface area (Å²) in [6, 6.07) is 3.45. The molecule has 2 aromatic rings. The molecular weight excluding hydrogens is 239 g/mol. The molecule has 0 aliphatic heterocycles. The van der Waals surface area contributed by atoms with Crippen molar-refractivity contribution in [2.45, 2.75) is 6.92 Å². The summed E-state index contributed by atoms with van der Waals surface area (Å²) in [6.45, 7) is 1.72. The Labute approximate surface area is 102 Å². The largest absolute Gasteiger partial charge is 0.384 e. The molecule has 0 fully saturated rings. The van der Waals surface area contributed by atoms with E-state index in [0.717, 1.165) is 6.07 Å². The van der Waals surface area contributed by atoms with Gasteiger partial charge < -0.3 is 5.73 Å². The van der Waals surface area contributed by atoms with E-state index in [1.807, 2.05) is 0 Å². The molecule has 0 spiro atoms. The molecule has 0 aliphatic rings. The van der Waals surface area contributed by atoms with Gasteiger partial charge in [-0.05, 0) is 13.0 Å². The van der Waals surface area contributed by atoms with Crippen molar-refractivity contribution in [2.75, 3.05) is 5.73 Å². The van der Waals surface area contributed by atoms with E-state index < -0.39 is 10.7 Å². The van der Waals surface area contributed by atoms with Crippen molar-refractivity contribution in [2.24, 2.45) is 7.05 Å². The van der Waals surface area contributed by atoms with Crippen molar-refractivity contribution in [1.29, 1.82) is 0 Å². The summed E-state index contributed by atoms with van der Waals surface area (Å²) >= 11 is 0. The summed E-state index contributed by atoms with van der Waals surface area (Å²) in [7, 11) is 1.65. The summed E-state index contributed by atoms with van der Waals surface area (Å²) < 4.78 is 15.3. The monoisotopic (exact) mass is 250 g/mol. The molecule has 1 heterocycles. The highest BCUT2D eigenvalue weighted by molar-refractivity contribution is 5.69. The van der Waals surface area contributed by atoms with Crippen LogP contribution in [0.2, 0.25) is 0 Å². The number of hydrogen-bond acceptors (Lipinski definition) is 4. The van der Waals surface area contributed by atoms with Gasteiger partial charge in [0.15, 0.2) is 0 Å². The van der Waals surface area contributed by atoms with Crippen molar-refractivity contribution in [3.8, 4) is 11.3 Å². The van der Waals surface area contributed by atoms with Gasteiger partial charge in [0.25, 0.3) is 5.69 Å². The first kappa shape index (κ1) is 12.0. The maximum Gasteiger partial charge on any atom is 0.272 e. The highest BCUT2D eigenvalue weighted by Crippen LogP contribution is 2.29. The first-order valence-electron chi connectivity index (χ1n) is 5.15.